The van der Waals surface area contributed by atoms with Gasteiger partial charge in [-0.1, -0.05) is 33.1 Å². The van der Waals surface area contributed by atoms with Crippen LogP contribution in [0.2, 0.25) is 0 Å². The van der Waals surface area contributed by atoms with Gasteiger partial charge >= 0.3 is 0 Å². The second-order valence-corrected chi connectivity index (χ2v) is 9.08. The summed E-state index contributed by atoms with van der Waals surface area (Å²) >= 11 is 0. The molecule has 0 aliphatic carbocycles. The lowest BCUT2D eigenvalue weighted by atomic mass is 9.99. The minimum Gasteiger partial charge on any atom is -0.356 e. The first-order chi connectivity index (χ1) is 14.9. The zero-order valence-corrected chi connectivity index (χ0v) is 23.0. The van der Waals surface area contributed by atoms with E-state index in [1.807, 2.05) is 4.90 Å². The van der Waals surface area contributed by atoms with Gasteiger partial charge in [0.15, 0.2) is 5.96 Å². The number of carbonyl (C=O) groups is 2. The summed E-state index contributed by atoms with van der Waals surface area (Å²) < 4.78 is 0. The normalized spacial score (nSPS) is 18.3. The Morgan fingerprint density at radius 3 is 2.22 bits per heavy atom. The molecule has 2 heterocycles. The van der Waals surface area contributed by atoms with Crippen LogP contribution in [0.4, 0.5) is 0 Å². The molecule has 2 rings (SSSR count). The first-order valence-electron chi connectivity index (χ1n) is 12.2. The lowest BCUT2D eigenvalue weighted by Gasteiger charge is -2.37. The van der Waals surface area contributed by atoms with Gasteiger partial charge in [0.25, 0.3) is 0 Å². The number of guanidine groups is 1. The van der Waals surface area contributed by atoms with Crippen molar-refractivity contribution < 1.29 is 9.59 Å². The standard InChI is InChI=1S/C23H44N6O2.HI/c1-5-7-10-20(6-2)17-24-23(25-18-21(30)26(3)4)29-15-13-27(14-16-29)19-22(31)28-11-8-9-12-28;/h20H,5-19H2,1-4H3,(H,24,25);1H. The molecule has 9 heteroatoms. The van der Waals surface area contributed by atoms with Crippen LogP contribution >= 0.6 is 24.0 Å². The van der Waals surface area contributed by atoms with Crippen molar-refractivity contribution in [3.63, 3.8) is 0 Å². The summed E-state index contributed by atoms with van der Waals surface area (Å²) in [6.45, 7) is 11.2. The van der Waals surface area contributed by atoms with Crippen LogP contribution in [0.1, 0.15) is 52.4 Å². The van der Waals surface area contributed by atoms with Crippen molar-refractivity contribution in [1.82, 2.24) is 24.9 Å². The molecule has 0 saturated carbocycles. The Morgan fingerprint density at radius 1 is 1.00 bits per heavy atom. The van der Waals surface area contributed by atoms with Gasteiger partial charge in [-0.3, -0.25) is 14.5 Å². The molecule has 0 aromatic carbocycles. The number of unbranched alkanes of at least 4 members (excludes halogenated alkanes) is 1. The number of likely N-dealkylation sites (N-methyl/N-ethyl adjacent to an activating group) is 1. The van der Waals surface area contributed by atoms with E-state index in [9.17, 15) is 9.59 Å². The minimum atomic E-state index is 0. The SMILES string of the molecule is CCCCC(CC)CNC(=NCC(=O)N(C)C)N1CCN(CC(=O)N2CCCC2)CC1.I. The molecule has 0 spiro atoms. The van der Waals surface area contributed by atoms with E-state index in [-0.39, 0.29) is 42.3 Å². The zero-order valence-electron chi connectivity index (χ0n) is 20.6. The Morgan fingerprint density at radius 2 is 1.66 bits per heavy atom. The average Bonchev–Trinajstić information content (AvgIpc) is 3.31. The van der Waals surface area contributed by atoms with E-state index in [0.717, 1.165) is 71.0 Å². The second-order valence-electron chi connectivity index (χ2n) is 9.08. The fourth-order valence-corrected chi connectivity index (χ4v) is 4.11. The largest absolute Gasteiger partial charge is 0.356 e. The van der Waals surface area contributed by atoms with Gasteiger partial charge in [-0.15, -0.1) is 24.0 Å². The second kappa shape index (κ2) is 15.7. The Hall–Kier alpha value is -1.10. The van der Waals surface area contributed by atoms with E-state index < -0.39 is 0 Å². The molecule has 0 bridgehead atoms. The average molecular weight is 565 g/mol. The summed E-state index contributed by atoms with van der Waals surface area (Å²) in [5.41, 5.74) is 0. The third-order valence-corrected chi connectivity index (χ3v) is 6.44. The van der Waals surface area contributed by atoms with Crippen LogP contribution in [0.3, 0.4) is 0 Å². The van der Waals surface area contributed by atoms with Crippen LogP contribution in [-0.4, -0.2) is 110 Å². The van der Waals surface area contributed by atoms with Gasteiger partial charge < -0.3 is 20.0 Å². The molecule has 186 valence electrons. The third-order valence-electron chi connectivity index (χ3n) is 6.44. The van der Waals surface area contributed by atoms with Gasteiger partial charge in [-0.05, 0) is 25.2 Å². The number of carbonyl (C=O) groups excluding carboxylic acids is 2. The van der Waals surface area contributed by atoms with Crippen molar-refractivity contribution >= 4 is 41.8 Å². The maximum absolute atomic E-state index is 12.5. The maximum atomic E-state index is 12.5. The summed E-state index contributed by atoms with van der Waals surface area (Å²) in [6, 6.07) is 0. The monoisotopic (exact) mass is 564 g/mol. The van der Waals surface area contributed by atoms with Crippen molar-refractivity contribution in [3.8, 4) is 0 Å². The number of amides is 2. The zero-order chi connectivity index (χ0) is 22.6. The molecule has 1 N–H and O–H groups in total. The number of rotatable bonds is 10. The molecule has 0 radical (unpaired) electrons. The van der Waals surface area contributed by atoms with E-state index in [1.54, 1.807) is 19.0 Å². The van der Waals surface area contributed by atoms with E-state index in [4.69, 9.17) is 0 Å². The molecule has 2 saturated heterocycles. The van der Waals surface area contributed by atoms with Gasteiger partial charge in [0.2, 0.25) is 11.8 Å². The third kappa shape index (κ3) is 9.80. The number of hydrogen-bond acceptors (Lipinski definition) is 4. The first kappa shape index (κ1) is 28.9. The maximum Gasteiger partial charge on any atom is 0.243 e. The Balaban J connectivity index is 0.00000512. The first-order valence-corrected chi connectivity index (χ1v) is 12.2. The highest BCUT2D eigenvalue weighted by Gasteiger charge is 2.25. The number of halogens is 1. The molecule has 0 aromatic rings. The fourth-order valence-electron chi connectivity index (χ4n) is 4.11. The number of hydrogen-bond donors (Lipinski definition) is 1. The highest BCUT2D eigenvalue weighted by atomic mass is 127. The van der Waals surface area contributed by atoms with Gasteiger partial charge in [-0.2, -0.15) is 0 Å². The summed E-state index contributed by atoms with van der Waals surface area (Å²) in [5, 5.41) is 3.56. The number of likely N-dealkylation sites (tertiary alicyclic amines) is 1. The minimum absolute atomic E-state index is 0. The topological polar surface area (TPSA) is 71.5 Å². The highest BCUT2D eigenvalue weighted by Crippen LogP contribution is 2.12. The van der Waals surface area contributed by atoms with E-state index in [2.05, 4.69) is 34.0 Å². The predicted molar refractivity (Wildman–Crippen MR) is 142 cm³/mol. The molecule has 32 heavy (non-hydrogen) atoms. The smallest absolute Gasteiger partial charge is 0.243 e. The molecule has 1 unspecified atom stereocenters. The van der Waals surface area contributed by atoms with Crippen molar-refractivity contribution in [2.45, 2.75) is 52.4 Å². The Kier molecular flexibility index (Phi) is 14.2. The van der Waals surface area contributed by atoms with Crippen LogP contribution in [-0.2, 0) is 9.59 Å². The van der Waals surface area contributed by atoms with Crippen LogP contribution in [0.15, 0.2) is 4.99 Å². The van der Waals surface area contributed by atoms with Crippen molar-refractivity contribution in [2.75, 3.05) is 73.0 Å². The molecular weight excluding hydrogens is 519 g/mol. The number of piperazine rings is 1. The fraction of sp³-hybridized carbons (Fsp3) is 0.870. The van der Waals surface area contributed by atoms with Crippen molar-refractivity contribution in [3.05, 3.63) is 0 Å². The van der Waals surface area contributed by atoms with Crippen LogP contribution in [0.25, 0.3) is 0 Å². The highest BCUT2D eigenvalue weighted by molar-refractivity contribution is 14.0. The molecule has 1 atom stereocenters. The summed E-state index contributed by atoms with van der Waals surface area (Å²) in [5.74, 6) is 1.72. The van der Waals surface area contributed by atoms with Crippen LogP contribution in [0.5, 0.6) is 0 Å². The molecule has 2 aliphatic rings. The summed E-state index contributed by atoms with van der Waals surface area (Å²) in [4.78, 5) is 37.3. The van der Waals surface area contributed by atoms with Crippen molar-refractivity contribution in [1.29, 1.82) is 0 Å². The Labute approximate surface area is 212 Å². The van der Waals surface area contributed by atoms with Gasteiger partial charge in [0.05, 0.1) is 6.54 Å². The van der Waals surface area contributed by atoms with Crippen LogP contribution < -0.4 is 5.32 Å². The van der Waals surface area contributed by atoms with E-state index in [0.29, 0.717) is 12.5 Å². The van der Waals surface area contributed by atoms with Gasteiger partial charge in [0.1, 0.15) is 6.54 Å². The van der Waals surface area contributed by atoms with Gasteiger partial charge in [0, 0.05) is 59.9 Å². The summed E-state index contributed by atoms with van der Waals surface area (Å²) in [7, 11) is 3.53. The molecule has 2 amide bonds. The summed E-state index contributed by atoms with van der Waals surface area (Å²) in [6.07, 6.45) is 7.09. The van der Waals surface area contributed by atoms with Crippen molar-refractivity contribution in [2.24, 2.45) is 10.9 Å². The quantitative estimate of drug-likeness (QED) is 0.250. The lowest BCUT2D eigenvalue weighted by Crippen LogP contribution is -2.54. The van der Waals surface area contributed by atoms with E-state index >= 15 is 0 Å². The van der Waals surface area contributed by atoms with Crippen LogP contribution in [0, 0.1) is 5.92 Å². The number of nitrogens with one attached hydrogen (secondary N) is 1. The molecule has 2 fully saturated rings. The molecule has 0 aromatic heterocycles. The molecule has 2 aliphatic heterocycles. The lowest BCUT2D eigenvalue weighted by molar-refractivity contribution is -0.131. The van der Waals surface area contributed by atoms with Gasteiger partial charge in [-0.25, -0.2) is 4.99 Å². The number of aliphatic imine (C=N–C) groups is 1. The van der Waals surface area contributed by atoms with E-state index in [1.165, 1.54) is 19.3 Å². The number of nitrogens with zero attached hydrogens (tertiary/aromatic N) is 5. The molecular formula is C23H45IN6O2. The predicted octanol–water partition coefficient (Wildman–Crippen LogP) is 2.09. The molecule has 8 nitrogen and oxygen atoms in total. The Bertz CT molecular complexity index is 587.